The van der Waals surface area contributed by atoms with Gasteiger partial charge in [0.05, 0.1) is 11.7 Å². The second-order valence-electron chi connectivity index (χ2n) is 5.45. The molecule has 0 aliphatic carbocycles. The molecule has 1 aromatic carbocycles. The monoisotopic (exact) mass is 277 g/mol. The molecule has 5 heteroatoms. The number of amides is 1. The van der Waals surface area contributed by atoms with Gasteiger partial charge in [0.15, 0.2) is 0 Å². The molecule has 110 valence electrons. The fraction of sp³-hybridized carbons (Fsp3) is 0.533. The van der Waals surface area contributed by atoms with Crippen molar-refractivity contribution in [3.63, 3.8) is 0 Å². The first kappa shape index (κ1) is 14.8. The topological polar surface area (TPSA) is 62.4 Å². The SMILES string of the molecule is CC(C)Oc1ccccc1C(=O)NCC1CNNC1C. The van der Waals surface area contributed by atoms with E-state index in [1.165, 1.54) is 0 Å². The van der Waals surface area contributed by atoms with Gasteiger partial charge < -0.3 is 10.1 Å². The Morgan fingerprint density at radius 2 is 2.20 bits per heavy atom. The van der Waals surface area contributed by atoms with Crippen molar-refractivity contribution in [2.24, 2.45) is 5.92 Å². The predicted octanol–water partition coefficient (Wildman–Crippen LogP) is 1.32. The molecule has 5 nitrogen and oxygen atoms in total. The molecule has 0 aromatic heterocycles. The van der Waals surface area contributed by atoms with Gasteiger partial charge in [-0.3, -0.25) is 15.6 Å². The number of ether oxygens (including phenoxy) is 1. The Kier molecular flexibility index (Phi) is 4.98. The summed E-state index contributed by atoms with van der Waals surface area (Å²) in [6.45, 7) is 7.52. The second kappa shape index (κ2) is 6.72. The molecular formula is C15H23N3O2. The Bertz CT molecular complexity index is 462. The van der Waals surface area contributed by atoms with Crippen molar-refractivity contribution in [3.05, 3.63) is 29.8 Å². The van der Waals surface area contributed by atoms with Crippen LogP contribution in [0.2, 0.25) is 0 Å². The highest BCUT2D eigenvalue weighted by molar-refractivity contribution is 5.96. The number of carbonyl (C=O) groups excluding carboxylic acids is 1. The molecule has 0 radical (unpaired) electrons. The maximum absolute atomic E-state index is 12.3. The van der Waals surface area contributed by atoms with Crippen molar-refractivity contribution in [2.45, 2.75) is 32.9 Å². The molecule has 1 heterocycles. The Morgan fingerprint density at radius 3 is 2.85 bits per heavy atom. The third kappa shape index (κ3) is 3.71. The van der Waals surface area contributed by atoms with Crippen LogP contribution in [0.1, 0.15) is 31.1 Å². The molecule has 0 spiro atoms. The quantitative estimate of drug-likeness (QED) is 0.759. The van der Waals surface area contributed by atoms with E-state index < -0.39 is 0 Å². The van der Waals surface area contributed by atoms with Gasteiger partial charge in [-0.05, 0) is 32.9 Å². The van der Waals surface area contributed by atoms with E-state index in [9.17, 15) is 4.79 Å². The summed E-state index contributed by atoms with van der Waals surface area (Å²) in [7, 11) is 0. The first-order valence-corrected chi connectivity index (χ1v) is 7.10. The van der Waals surface area contributed by atoms with Crippen LogP contribution in [0.3, 0.4) is 0 Å². The molecular weight excluding hydrogens is 254 g/mol. The van der Waals surface area contributed by atoms with E-state index in [0.29, 0.717) is 29.8 Å². The summed E-state index contributed by atoms with van der Waals surface area (Å²) in [6, 6.07) is 7.71. The molecule has 1 fully saturated rings. The number of hydrogen-bond acceptors (Lipinski definition) is 4. The lowest BCUT2D eigenvalue weighted by molar-refractivity contribution is 0.0941. The van der Waals surface area contributed by atoms with Crippen LogP contribution in [0.25, 0.3) is 0 Å². The lowest BCUT2D eigenvalue weighted by Gasteiger charge is -2.17. The van der Waals surface area contributed by atoms with Gasteiger partial charge in [0.25, 0.3) is 5.91 Å². The minimum absolute atomic E-state index is 0.0483. The van der Waals surface area contributed by atoms with Crippen LogP contribution in [-0.4, -0.2) is 31.1 Å². The van der Waals surface area contributed by atoms with Crippen molar-refractivity contribution >= 4 is 5.91 Å². The van der Waals surface area contributed by atoms with Crippen LogP contribution in [-0.2, 0) is 0 Å². The van der Waals surface area contributed by atoms with Crippen molar-refractivity contribution in [2.75, 3.05) is 13.1 Å². The number of carbonyl (C=O) groups is 1. The molecule has 2 unspecified atom stereocenters. The number of rotatable bonds is 5. The zero-order valence-electron chi connectivity index (χ0n) is 12.3. The summed E-state index contributed by atoms with van der Waals surface area (Å²) in [5, 5.41) is 2.99. The standard InChI is InChI=1S/C15H23N3O2/c1-10(2)20-14-7-5-4-6-13(14)15(19)16-8-12-9-17-18-11(12)3/h4-7,10-12,17-18H,8-9H2,1-3H3,(H,16,19). The highest BCUT2D eigenvalue weighted by Gasteiger charge is 2.23. The van der Waals surface area contributed by atoms with Gasteiger partial charge >= 0.3 is 0 Å². The molecule has 1 saturated heterocycles. The predicted molar refractivity (Wildman–Crippen MR) is 78.6 cm³/mol. The molecule has 0 bridgehead atoms. The van der Waals surface area contributed by atoms with E-state index in [2.05, 4.69) is 23.1 Å². The number of benzene rings is 1. The summed E-state index contributed by atoms with van der Waals surface area (Å²) in [5.41, 5.74) is 6.83. The normalized spacial score (nSPS) is 22.0. The number of nitrogens with one attached hydrogen (secondary N) is 3. The fourth-order valence-corrected chi connectivity index (χ4v) is 2.22. The molecule has 2 atom stereocenters. The van der Waals surface area contributed by atoms with Crippen molar-refractivity contribution in [1.29, 1.82) is 0 Å². The Balaban J connectivity index is 1.98. The number of para-hydroxylation sites is 1. The van der Waals surface area contributed by atoms with Gasteiger partial charge in [0.2, 0.25) is 0 Å². The lowest BCUT2D eigenvalue weighted by atomic mass is 10.0. The second-order valence-corrected chi connectivity index (χ2v) is 5.45. The van der Waals surface area contributed by atoms with Crippen LogP contribution in [0.15, 0.2) is 24.3 Å². The highest BCUT2D eigenvalue weighted by Crippen LogP contribution is 2.19. The highest BCUT2D eigenvalue weighted by atomic mass is 16.5. The summed E-state index contributed by atoms with van der Waals surface area (Å²) in [6.07, 6.45) is 0.0483. The van der Waals surface area contributed by atoms with Crippen molar-refractivity contribution < 1.29 is 9.53 Å². The van der Waals surface area contributed by atoms with Gasteiger partial charge in [-0.25, -0.2) is 0 Å². The van der Waals surface area contributed by atoms with Crippen LogP contribution in [0, 0.1) is 5.92 Å². The molecule has 1 aromatic rings. The Labute approximate surface area is 120 Å². The van der Waals surface area contributed by atoms with Crippen LogP contribution >= 0.6 is 0 Å². The average Bonchev–Trinajstić information content (AvgIpc) is 2.81. The minimum Gasteiger partial charge on any atom is -0.490 e. The van der Waals surface area contributed by atoms with Gasteiger partial charge in [0, 0.05) is 25.0 Å². The van der Waals surface area contributed by atoms with Crippen molar-refractivity contribution in [3.8, 4) is 5.75 Å². The molecule has 20 heavy (non-hydrogen) atoms. The van der Waals surface area contributed by atoms with Gasteiger partial charge in [-0.2, -0.15) is 0 Å². The lowest BCUT2D eigenvalue weighted by Crippen LogP contribution is -2.35. The Hall–Kier alpha value is -1.59. The molecule has 2 rings (SSSR count). The summed E-state index contributed by atoms with van der Waals surface area (Å²) in [5.74, 6) is 0.952. The Morgan fingerprint density at radius 1 is 1.45 bits per heavy atom. The van der Waals surface area contributed by atoms with E-state index in [-0.39, 0.29) is 12.0 Å². The maximum atomic E-state index is 12.3. The van der Waals surface area contributed by atoms with E-state index in [1.807, 2.05) is 32.0 Å². The van der Waals surface area contributed by atoms with E-state index in [0.717, 1.165) is 6.54 Å². The molecule has 0 saturated carbocycles. The average molecular weight is 277 g/mol. The van der Waals surface area contributed by atoms with Gasteiger partial charge in [-0.1, -0.05) is 12.1 Å². The van der Waals surface area contributed by atoms with Crippen LogP contribution in [0.5, 0.6) is 5.75 Å². The minimum atomic E-state index is -0.0830. The van der Waals surface area contributed by atoms with E-state index in [4.69, 9.17) is 4.74 Å². The van der Waals surface area contributed by atoms with E-state index in [1.54, 1.807) is 6.07 Å². The molecule has 3 N–H and O–H groups in total. The fourth-order valence-electron chi connectivity index (χ4n) is 2.22. The zero-order chi connectivity index (χ0) is 14.5. The van der Waals surface area contributed by atoms with Crippen LogP contribution in [0.4, 0.5) is 0 Å². The molecule has 1 aliphatic rings. The van der Waals surface area contributed by atoms with Gasteiger partial charge in [-0.15, -0.1) is 0 Å². The maximum Gasteiger partial charge on any atom is 0.255 e. The largest absolute Gasteiger partial charge is 0.490 e. The zero-order valence-corrected chi connectivity index (χ0v) is 12.3. The third-order valence-electron chi connectivity index (χ3n) is 3.42. The van der Waals surface area contributed by atoms with Crippen molar-refractivity contribution in [1.82, 2.24) is 16.2 Å². The first-order valence-electron chi connectivity index (χ1n) is 7.10. The van der Waals surface area contributed by atoms with Crippen LogP contribution < -0.4 is 20.9 Å². The smallest absolute Gasteiger partial charge is 0.255 e. The summed E-state index contributed by atoms with van der Waals surface area (Å²) >= 11 is 0. The summed E-state index contributed by atoms with van der Waals surface area (Å²) in [4.78, 5) is 12.3. The number of hydrogen-bond donors (Lipinski definition) is 3. The number of hydrazine groups is 1. The first-order chi connectivity index (χ1) is 9.58. The molecule has 1 amide bonds. The third-order valence-corrected chi connectivity index (χ3v) is 3.42. The van der Waals surface area contributed by atoms with Gasteiger partial charge in [0.1, 0.15) is 5.75 Å². The summed E-state index contributed by atoms with van der Waals surface area (Å²) < 4.78 is 5.67. The molecule has 1 aliphatic heterocycles. The van der Waals surface area contributed by atoms with E-state index >= 15 is 0 Å².